The number of methoxy groups -OCH3 is 4. The molecule has 9 rings (SSSR count). The van der Waals surface area contributed by atoms with E-state index in [0.717, 1.165) is 63.7 Å². The Hall–Kier alpha value is -5.28. The van der Waals surface area contributed by atoms with Gasteiger partial charge in [-0.3, -0.25) is 4.90 Å². The fraction of sp³-hybridized carbons (Fsp3) is 0.282. The molecule has 0 spiro atoms. The molecule has 4 heterocycles. The first-order valence-electron chi connectivity index (χ1n) is 16.0. The Kier molecular flexibility index (Phi) is 7.56. The van der Waals surface area contributed by atoms with Crippen LogP contribution in [0.1, 0.15) is 33.9 Å². The molecular weight excluding hydrogens is 610 g/mol. The average Bonchev–Trinajstić information content (AvgIpc) is 3.60. The number of fused-ring (bicyclic) bond motifs is 4. The Labute approximate surface area is 279 Å². The molecule has 5 aromatic carbocycles. The molecule has 0 aliphatic carbocycles. The Morgan fingerprint density at radius 2 is 1.48 bits per heavy atom. The first kappa shape index (κ1) is 30.1. The number of likely N-dealkylation sites (N-methyl/N-ethyl adjacent to an activating group) is 1. The van der Waals surface area contributed by atoms with Crippen molar-refractivity contribution < 1.29 is 37.9 Å². The maximum Gasteiger partial charge on any atom is 0.231 e. The van der Waals surface area contributed by atoms with Crippen molar-refractivity contribution in [2.75, 3.05) is 48.8 Å². The maximum atomic E-state index is 7.15. The standard InChI is InChI=1S/C39H37NO8/c1-40-16-15-26-28-20-32(42-3)36(43-4)35(26)48-37-33-24(7-6-8-27(33)34-39(38(37)44-5)46-21-45-34)17-22-9-12-25(13-10-22)47-31-19-23(18-29(28)40)11-14-30(31)41-2/h6-14,19-20,29H,15-18,21H2,1-5H3. The number of hydrogen-bond acceptors (Lipinski definition) is 9. The minimum Gasteiger partial charge on any atom is -0.493 e. The highest BCUT2D eigenvalue weighted by atomic mass is 16.7. The summed E-state index contributed by atoms with van der Waals surface area (Å²) in [5, 5.41) is 1.76. The van der Waals surface area contributed by atoms with Gasteiger partial charge in [0.05, 0.1) is 28.4 Å². The van der Waals surface area contributed by atoms with Crippen molar-refractivity contribution in [2.24, 2.45) is 0 Å². The molecule has 9 nitrogen and oxygen atoms in total. The molecule has 8 bridgehead atoms. The number of rotatable bonds is 4. The molecule has 0 aromatic heterocycles. The van der Waals surface area contributed by atoms with Crippen LogP contribution in [0.4, 0.5) is 0 Å². The van der Waals surface area contributed by atoms with E-state index >= 15 is 0 Å². The van der Waals surface area contributed by atoms with E-state index in [1.807, 2.05) is 30.3 Å². The molecule has 48 heavy (non-hydrogen) atoms. The Balaban J connectivity index is 1.43. The zero-order valence-corrected chi connectivity index (χ0v) is 27.7. The van der Waals surface area contributed by atoms with Gasteiger partial charge in [-0.25, -0.2) is 0 Å². The molecule has 4 aliphatic rings. The van der Waals surface area contributed by atoms with Crippen LogP contribution in [0.25, 0.3) is 10.8 Å². The van der Waals surface area contributed by atoms with Crippen LogP contribution in [0.2, 0.25) is 0 Å². The lowest BCUT2D eigenvalue weighted by molar-refractivity contribution is 0.171. The Morgan fingerprint density at radius 1 is 0.708 bits per heavy atom. The summed E-state index contributed by atoms with van der Waals surface area (Å²) in [6.45, 7) is 0.909. The molecule has 1 atom stereocenters. The second kappa shape index (κ2) is 12.1. The van der Waals surface area contributed by atoms with Crippen LogP contribution in [0.15, 0.2) is 66.7 Å². The summed E-state index contributed by atoms with van der Waals surface area (Å²) in [4.78, 5) is 2.37. The highest BCUT2D eigenvalue weighted by molar-refractivity contribution is 6.01. The first-order valence-corrected chi connectivity index (χ1v) is 16.0. The summed E-state index contributed by atoms with van der Waals surface area (Å²) in [5.41, 5.74) is 5.41. The van der Waals surface area contributed by atoms with Crippen LogP contribution in [0.3, 0.4) is 0 Å². The summed E-state index contributed by atoms with van der Waals surface area (Å²) in [7, 11) is 8.74. The van der Waals surface area contributed by atoms with Crippen molar-refractivity contribution in [3.63, 3.8) is 0 Å². The van der Waals surface area contributed by atoms with Gasteiger partial charge in [0, 0.05) is 28.9 Å². The topological polar surface area (TPSA) is 77.1 Å². The second-order valence-corrected chi connectivity index (χ2v) is 12.2. The minimum atomic E-state index is 0.0151. The lowest BCUT2D eigenvalue weighted by atomic mass is 9.87. The van der Waals surface area contributed by atoms with Gasteiger partial charge in [0.1, 0.15) is 5.75 Å². The molecule has 5 aromatic rings. The van der Waals surface area contributed by atoms with Gasteiger partial charge in [0.2, 0.25) is 24.0 Å². The minimum absolute atomic E-state index is 0.0151. The zero-order chi connectivity index (χ0) is 32.9. The third kappa shape index (κ3) is 4.88. The summed E-state index contributed by atoms with van der Waals surface area (Å²) >= 11 is 0. The average molecular weight is 648 g/mol. The predicted octanol–water partition coefficient (Wildman–Crippen LogP) is 7.86. The van der Waals surface area contributed by atoms with Gasteiger partial charge >= 0.3 is 0 Å². The van der Waals surface area contributed by atoms with Crippen LogP contribution in [-0.4, -0.2) is 53.7 Å². The van der Waals surface area contributed by atoms with E-state index in [2.05, 4.69) is 48.3 Å². The van der Waals surface area contributed by atoms with Crippen LogP contribution >= 0.6 is 0 Å². The highest BCUT2D eigenvalue weighted by Gasteiger charge is 2.35. The van der Waals surface area contributed by atoms with E-state index in [9.17, 15) is 0 Å². The quantitative estimate of drug-likeness (QED) is 0.194. The Bertz CT molecular complexity index is 2040. The van der Waals surface area contributed by atoms with Gasteiger partial charge < -0.3 is 37.9 Å². The number of hydrogen-bond donors (Lipinski definition) is 0. The fourth-order valence-corrected chi connectivity index (χ4v) is 7.26. The molecule has 0 radical (unpaired) electrons. The van der Waals surface area contributed by atoms with Crippen LogP contribution in [-0.2, 0) is 19.3 Å². The lowest BCUT2D eigenvalue weighted by Gasteiger charge is -2.36. The normalized spacial score (nSPS) is 16.4. The largest absolute Gasteiger partial charge is 0.493 e. The second-order valence-electron chi connectivity index (χ2n) is 12.2. The predicted molar refractivity (Wildman–Crippen MR) is 181 cm³/mol. The molecule has 246 valence electrons. The van der Waals surface area contributed by atoms with Crippen LogP contribution < -0.4 is 37.9 Å². The molecule has 1 unspecified atom stereocenters. The fourth-order valence-electron chi connectivity index (χ4n) is 7.26. The number of ether oxygens (including phenoxy) is 8. The SMILES string of the molecule is COc1ccc2cc1Oc1ccc(cc1)Cc1cccc3c4c(c(OC)c(c13)Oc1c3c(cc(OC)c1OC)C(C2)N(C)CC3)OCO4. The van der Waals surface area contributed by atoms with E-state index in [1.165, 1.54) is 0 Å². The van der Waals surface area contributed by atoms with Gasteiger partial charge in [-0.2, -0.15) is 0 Å². The van der Waals surface area contributed by atoms with Gasteiger partial charge in [0.15, 0.2) is 34.5 Å². The number of nitrogens with zero attached hydrogens (tertiary/aromatic N) is 1. The van der Waals surface area contributed by atoms with Crippen LogP contribution in [0.5, 0.6) is 57.5 Å². The third-order valence-electron chi connectivity index (χ3n) is 9.63. The van der Waals surface area contributed by atoms with Crippen molar-refractivity contribution in [2.45, 2.75) is 25.3 Å². The molecule has 0 saturated heterocycles. The van der Waals surface area contributed by atoms with Gasteiger partial charge in [-0.05, 0) is 78.9 Å². The van der Waals surface area contributed by atoms with Crippen molar-refractivity contribution in [1.82, 2.24) is 4.90 Å². The van der Waals surface area contributed by atoms with Crippen molar-refractivity contribution in [3.8, 4) is 57.5 Å². The third-order valence-corrected chi connectivity index (χ3v) is 9.63. The van der Waals surface area contributed by atoms with E-state index < -0.39 is 0 Å². The van der Waals surface area contributed by atoms with E-state index in [4.69, 9.17) is 37.9 Å². The van der Waals surface area contributed by atoms with Gasteiger partial charge in [-0.1, -0.05) is 36.4 Å². The summed E-state index contributed by atoms with van der Waals surface area (Å²) in [5.74, 6) is 5.94. The smallest absolute Gasteiger partial charge is 0.231 e. The highest BCUT2D eigenvalue weighted by Crippen LogP contribution is 2.57. The van der Waals surface area contributed by atoms with E-state index in [1.54, 1.807) is 28.4 Å². The van der Waals surface area contributed by atoms with Crippen molar-refractivity contribution in [1.29, 1.82) is 0 Å². The molecule has 0 amide bonds. The lowest BCUT2D eigenvalue weighted by Crippen LogP contribution is -2.33. The summed E-state index contributed by atoms with van der Waals surface area (Å²) in [6, 6.07) is 22.6. The summed E-state index contributed by atoms with van der Waals surface area (Å²) < 4.78 is 49.4. The molecule has 0 fully saturated rings. The molecule has 0 N–H and O–H groups in total. The summed E-state index contributed by atoms with van der Waals surface area (Å²) in [6.07, 6.45) is 2.09. The number of benzene rings is 5. The maximum absolute atomic E-state index is 7.15. The van der Waals surface area contributed by atoms with Gasteiger partial charge in [-0.15, -0.1) is 0 Å². The molecule has 9 heteroatoms. The van der Waals surface area contributed by atoms with E-state index in [0.29, 0.717) is 58.2 Å². The first-order chi connectivity index (χ1) is 23.5. The van der Waals surface area contributed by atoms with Crippen molar-refractivity contribution >= 4 is 10.8 Å². The van der Waals surface area contributed by atoms with E-state index in [-0.39, 0.29) is 12.8 Å². The molecule has 4 aliphatic heterocycles. The monoisotopic (exact) mass is 647 g/mol. The molecular formula is C39H37NO8. The van der Waals surface area contributed by atoms with Crippen molar-refractivity contribution in [3.05, 3.63) is 94.5 Å². The van der Waals surface area contributed by atoms with Crippen LogP contribution in [0, 0.1) is 0 Å². The molecule has 0 saturated carbocycles. The van der Waals surface area contributed by atoms with Gasteiger partial charge in [0.25, 0.3) is 0 Å². The zero-order valence-electron chi connectivity index (χ0n) is 27.7. The Morgan fingerprint density at radius 3 is 2.25 bits per heavy atom.